The lowest BCUT2D eigenvalue weighted by molar-refractivity contribution is 1.31. The molecule has 0 saturated heterocycles. The Morgan fingerprint density at radius 3 is 2.39 bits per heavy atom. The second-order valence-electron chi connectivity index (χ2n) is 3.34. The van der Waals surface area contributed by atoms with Crippen LogP contribution in [0, 0.1) is 0 Å². The second-order valence-corrected chi connectivity index (χ2v) is 5.84. The standard InChI is InChI=1S/C11H5BrCl4N2/c12-5-1-2-6(13)9(3-5)17-11-8(15)4-7(14)10(16)18-11/h1-4H,(H,17,18). The van der Waals surface area contributed by atoms with E-state index >= 15 is 0 Å². The normalized spacial score (nSPS) is 10.5. The molecule has 0 radical (unpaired) electrons. The number of benzene rings is 1. The molecule has 94 valence electrons. The van der Waals surface area contributed by atoms with Crippen LogP contribution in [0.2, 0.25) is 20.2 Å². The van der Waals surface area contributed by atoms with Crippen LogP contribution in [0.3, 0.4) is 0 Å². The third-order valence-corrected chi connectivity index (χ3v) is 3.85. The molecule has 7 heteroatoms. The highest BCUT2D eigenvalue weighted by Crippen LogP contribution is 2.33. The molecular formula is C11H5BrCl4N2. The van der Waals surface area contributed by atoms with Crippen LogP contribution >= 0.6 is 62.3 Å². The Morgan fingerprint density at radius 2 is 1.67 bits per heavy atom. The molecule has 2 nitrogen and oxygen atoms in total. The van der Waals surface area contributed by atoms with Gasteiger partial charge < -0.3 is 5.32 Å². The monoisotopic (exact) mass is 384 g/mol. The van der Waals surface area contributed by atoms with Gasteiger partial charge in [0.05, 0.1) is 20.8 Å². The lowest BCUT2D eigenvalue weighted by atomic mass is 10.3. The third kappa shape index (κ3) is 3.22. The van der Waals surface area contributed by atoms with Crippen LogP contribution in [0.5, 0.6) is 0 Å². The van der Waals surface area contributed by atoms with Crippen LogP contribution in [0.1, 0.15) is 0 Å². The first-order chi connectivity index (χ1) is 8.47. The number of hydrogen-bond acceptors (Lipinski definition) is 2. The number of nitrogens with zero attached hydrogens (tertiary/aromatic N) is 1. The Kier molecular flexibility index (Phi) is 4.62. The fourth-order valence-electron chi connectivity index (χ4n) is 1.25. The molecule has 1 aromatic carbocycles. The summed E-state index contributed by atoms with van der Waals surface area (Å²) in [7, 11) is 0. The lowest BCUT2D eigenvalue weighted by Gasteiger charge is -2.10. The number of hydrogen-bond donors (Lipinski definition) is 1. The zero-order valence-corrected chi connectivity index (χ0v) is 13.3. The van der Waals surface area contributed by atoms with Crippen molar-refractivity contribution in [2.24, 2.45) is 0 Å². The molecular weight excluding hydrogens is 382 g/mol. The predicted octanol–water partition coefficient (Wildman–Crippen LogP) is 6.20. The van der Waals surface area contributed by atoms with Gasteiger partial charge in [-0.15, -0.1) is 0 Å². The maximum absolute atomic E-state index is 6.06. The number of pyridine rings is 1. The summed E-state index contributed by atoms with van der Waals surface area (Å²) in [6.07, 6.45) is 0. The Labute approximate surface area is 132 Å². The van der Waals surface area contributed by atoms with Gasteiger partial charge in [-0.2, -0.15) is 0 Å². The van der Waals surface area contributed by atoms with Crippen molar-refractivity contribution in [2.75, 3.05) is 5.32 Å². The molecule has 0 atom stereocenters. The van der Waals surface area contributed by atoms with E-state index in [1.807, 2.05) is 12.1 Å². The van der Waals surface area contributed by atoms with Crippen LogP contribution in [-0.4, -0.2) is 4.98 Å². The Hall–Kier alpha value is -0.190. The first-order valence-electron chi connectivity index (χ1n) is 4.71. The van der Waals surface area contributed by atoms with Crippen molar-refractivity contribution in [2.45, 2.75) is 0 Å². The minimum atomic E-state index is 0.176. The Bertz CT molecular complexity index is 604. The maximum atomic E-state index is 6.06. The van der Waals surface area contributed by atoms with Crippen molar-refractivity contribution < 1.29 is 0 Å². The van der Waals surface area contributed by atoms with Crippen molar-refractivity contribution >= 4 is 73.8 Å². The summed E-state index contributed by atoms with van der Waals surface area (Å²) >= 11 is 27.1. The van der Waals surface area contributed by atoms with Gasteiger partial charge in [0.1, 0.15) is 5.15 Å². The van der Waals surface area contributed by atoms with Crippen LogP contribution in [-0.2, 0) is 0 Å². The molecule has 2 aromatic rings. The molecule has 0 aliphatic carbocycles. The van der Waals surface area contributed by atoms with E-state index in [1.54, 1.807) is 6.07 Å². The zero-order valence-electron chi connectivity index (χ0n) is 8.65. The van der Waals surface area contributed by atoms with E-state index in [-0.39, 0.29) is 5.15 Å². The molecule has 0 aliphatic rings. The number of rotatable bonds is 2. The molecule has 1 aromatic heterocycles. The van der Waals surface area contributed by atoms with Crippen molar-refractivity contribution in [1.82, 2.24) is 4.98 Å². The van der Waals surface area contributed by atoms with Crippen molar-refractivity contribution in [3.8, 4) is 0 Å². The number of nitrogens with one attached hydrogen (secondary N) is 1. The van der Waals surface area contributed by atoms with E-state index in [4.69, 9.17) is 46.4 Å². The minimum Gasteiger partial charge on any atom is -0.338 e. The summed E-state index contributed by atoms with van der Waals surface area (Å²) in [6, 6.07) is 6.91. The van der Waals surface area contributed by atoms with Crippen LogP contribution in [0.25, 0.3) is 0 Å². The van der Waals surface area contributed by atoms with E-state index in [0.717, 1.165) is 4.47 Å². The molecule has 1 N–H and O–H groups in total. The molecule has 0 aliphatic heterocycles. The number of halogens is 5. The van der Waals surface area contributed by atoms with Gasteiger partial charge in [-0.25, -0.2) is 4.98 Å². The van der Waals surface area contributed by atoms with Crippen LogP contribution in [0.15, 0.2) is 28.7 Å². The van der Waals surface area contributed by atoms with Crippen molar-refractivity contribution in [3.63, 3.8) is 0 Å². The van der Waals surface area contributed by atoms with E-state index in [9.17, 15) is 0 Å². The average molecular weight is 387 g/mol. The molecule has 2 rings (SSSR count). The van der Waals surface area contributed by atoms with Gasteiger partial charge in [0.2, 0.25) is 0 Å². The molecule has 0 unspecified atom stereocenters. The van der Waals surface area contributed by atoms with Gasteiger partial charge in [0.15, 0.2) is 5.82 Å². The molecule has 0 saturated carbocycles. The highest BCUT2D eigenvalue weighted by atomic mass is 79.9. The van der Waals surface area contributed by atoms with Crippen LogP contribution < -0.4 is 5.32 Å². The van der Waals surface area contributed by atoms with Gasteiger partial charge in [-0.1, -0.05) is 62.3 Å². The van der Waals surface area contributed by atoms with E-state index in [1.165, 1.54) is 6.07 Å². The van der Waals surface area contributed by atoms with E-state index in [2.05, 4.69) is 26.2 Å². The fraction of sp³-hybridized carbons (Fsp3) is 0. The molecule has 18 heavy (non-hydrogen) atoms. The number of aromatic nitrogens is 1. The molecule has 0 bridgehead atoms. The quantitative estimate of drug-likeness (QED) is 0.621. The highest BCUT2D eigenvalue weighted by Gasteiger charge is 2.10. The lowest BCUT2D eigenvalue weighted by Crippen LogP contribution is -1.96. The summed E-state index contributed by atoms with van der Waals surface area (Å²) in [5.41, 5.74) is 0.666. The van der Waals surface area contributed by atoms with Gasteiger partial charge in [-0.3, -0.25) is 0 Å². The predicted molar refractivity (Wildman–Crippen MR) is 81.7 cm³/mol. The SMILES string of the molecule is Clc1ccc(Br)cc1Nc1nc(Cl)c(Cl)cc1Cl. The topological polar surface area (TPSA) is 24.9 Å². The second kappa shape index (κ2) is 5.85. The summed E-state index contributed by atoms with van der Waals surface area (Å²) in [6.45, 7) is 0. The van der Waals surface area contributed by atoms with E-state index < -0.39 is 0 Å². The van der Waals surface area contributed by atoms with Gasteiger partial charge in [0, 0.05) is 4.47 Å². The summed E-state index contributed by atoms with van der Waals surface area (Å²) in [5.74, 6) is 0.395. The first kappa shape index (κ1) is 14.2. The zero-order chi connectivity index (χ0) is 13.3. The molecule has 0 spiro atoms. The van der Waals surface area contributed by atoms with Gasteiger partial charge in [-0.05, 0) is 24.3 Å². The van der Waals surface area contributed by atoms with Gasteiger partial charge in [0.25, 0.3) is 0 Å². The molecule has 1 heterocycles. The first-order valence-corrected chi connectivity index (χ1v) is 7.01. The Balaban J connectivity index is 2.40. The van der Waals surface area contributed by atoms with Crippen LogP contribution in [0.4, 0.5) is 11.5 Å². The Morgan fingerprint density at radius 1 is 0.944 bits per heavy atom. The average Bonchev–Trinajstić information content (AvgIpc) is 2.30. The summed E-state index contributed by atoms with van der Waals surface area (Å²) < 4.78 is 0.880. The summed E-state index contributed by atoms with van der Waals surface area (Å²) in [5, 5.41) is 4.38. The van der Waals surface area contributed by atoms with Crippen molar-refractivity contribution in [1.29, 1.82) is 0 Å². The number of anilines is 2. The smallest absolute Gasteiger partial charge is 0.151 e. The fourth-order valence-corrected chi connectivity index (χ4v) is 2.32. The van der Waals surface area contributed by atoms with E-state index in [0.29, 0.717) is 26.6 Å². The summed E-state index contributed by atoms with van der Waals surface area (Å²) in [4.78, 5) is 4.05. The minimum absolute atomic E-state index is 0.176. The molecule has 0 fully saturated rings. The largest absolute Gasteiger partial charge is 0.338 e. The maximum Gasteiger partial charge on any atom is 0.151 e. The van der Waals surface area contributed by atoms with Crippen molar-refractivity contribution in [3.05, 3.63) is 49.0 Å². The highest BCUT2D eigenvalue weighted by molar-refractivity contribution is 9.10. The van der Waals surface area contributed by atoms with Gasteiger partial charge >= 0.3 is 0 Å². The third-order valence-electron chi connectivity index (χ3n) is 2.07. The molecule has 0 amide bonds.